The van der Waals surface area contributed by atoms with Crippen LogP contribution in [0.4, 0.5) is 0 Å². The Bertz CT molecular complexity index is 330. The predicted octanol–water partition coefficient (Wildman–Crippen LogP) is 2.26. The van der Waals surface area contributed by atoms with Crippen LogP contribution in [-0.2, 0) is 11.2 Å². The minimum atomic E-state index is 0.0634. The van der Waals surface area contributed by atoms with E-state index in [1.165, 1.54) is 5.56 Å². The molecule has 0 bridgehead atoms. The lowest BCUT2D eigenvalue weighted by molar-refractivity contribution is -0.124. The van der Waals surface area contributed by atoms with E-state index in [-0.39, 0.29) is 5.91 Å². The third kappa shape index (κ3) is 3.98. The molecule has 0 aliphatic carbocycles. The normalized spacial score (nSPS) is 10.5. The van der Waals surface area contributed by atoms with E-state index in [0.717, 1.165) is 13.0 Å². The van der Waals surface area contributed by atoms with Crippen LogP contribution in [0.15, 0.2) is 42.5 Å². The summed E-state index contributed by atoms with van der Waals surface area (Å²) in [6.45, 7) is 2.61. The van der Waals surface area contributed by atoms with Gasteiger partial charge in [-0.15, -0.1) is 0 Å². The van der Waals surface area contributed by atoms with E-state index in [1.807, 2.05) is 32.2 Å². The van der Waals surface area contributed by atoms with Crippen molar-refractivity contribution in [3.8, 4) is 0 Å². The van der Waals surface area contributed by atoms with E-state index >= 15 is 0 Å². The molecule has 0 unspecified atom stereocenters. The van der Waals surface area contributed by atoms with E-state index < -0.39 is 0 Å². The Labute approximate surface area is 91.2 Å². The molecule has 0 spiro atoms. The quantitative estimate of drug-likeness (QED) is 0.687. The summed E-state index contributed by atoms with van der Waals surface area (Å²) in [6.07, 6.45) is 4.26. The fourth-order valence-corrected chi connectivity index (χ4v) is 1.32. The molecule has 2 heteroatoms. The zero-order chi connectivity index (χ0) is 11.1. The zero-order valence-corrected chi connectivity index (χ0v) is 9.31. The Hall–Kier alpha value is -1.57. The lowest BCUT2D eigenvalue weighted by Gasteiger charge is -2.14. The molecular weight excluding hydrogens is 186 g/mol. The molecule has 0 saturated carbocycles. The van der Waals surface area contributed by atoms with E-state index in [2.05, 4.69) is 12.1 Å². The van der Waals surface area contributed by atoms with Gasteiger partial charge in [-0.05, 0) is 25.0 Å². The van der Waals surface area contributed by atoms with Gasteiger partial charge in [-0.25, -0.2) is 0 Å². The van der Waals surface area contributed by atoms with Crippen LogP contribution < -0.4 is 0 Å². The maximum atomic E-state index is 11.4. The second-order valence-electron chi connectivity index (χ2n) is 3.50. The molecule has 1 aromatic carbocycles. The van der Waals surface area contributed by atoms with Crippen LogP contribution >= 0.6 is 0 Å². The summed E-state index contributed by atoms with van der Waals surface area (Å²) in [6, 6.07) is 10.2. The molecule has 1 amide bonds. The monoisotopic (exact) mass is 203 g/mol. The van der Waals surface area contributed by atoms with Crippen molar-refractivity contribution < 1.29 is 4.79 Å². The highest BCUT2D eigenvalue weighted by molar-refractivity contribution is 5.87. The average molecular weight is 203 g/mol. The van der Waals surface area contributed by atoms with Gasteiger partial charge < -0.3 is 4.90 Å². The van der Waals surface area contributed by atoms with Gasteiger partial charge in [0.2, 0.25) is 5.91 Å². The van der Waals surface area contributed by atoms with Crippen molar-refractivity contribution in [3.05, 3.63) is 48.0 Å². The average Bonchev–Trinajstić information content (AvgIpc) is 2.27. The summed E-state index contributed by atoms with van der Waals surface area (Å²) in [5, 5.41) is 0. The Morgan fingerprint density at radius 3 is 2.60 bits per heavy atom. The van der Waals surface area contributed by atoms with Gasteiger partial charge in [-0.2, -0.15) is 0 Å². The van der Waals surface area contributed by atoms with E-state index in [9.17, 15) is 4.79 Å². The Morgan fingerprint density at radius 2 is 2.00 bits per heavy atom. The highest BCUT2D eigenvalue weighted by Crippen LogP contribution is 2.00. The molecule has 2 nitrogen and oxygen atoms in total. The van der Waals surface area contributed by atoms with Gasteiger partial charge in [-0.3, -0.25) is 4.79 Å². The second kappa shape index (κ2) is 6.02. The van der Waals surface area contributed by atoms with Gasteiger partial charge in [0.05, 0.1) is 0 Å². The molecule has 0 atom stereocenters. The third-order valence-electron chi connectivity index (χ3n) is 2.26. The number of allylic oxidation sites excluding steroid dienone is 1. The molecular formula is C13H17NO. The van der Waals surface area contributed by atoms with Crippen LogP contribution in [0.25, 0.3) is 0 Å². The highest BCUT2D eigenvalue weighted by Gasteiger charge is 2.03. The van der Waals surface area contributed by atoms with Crippen molar-refractivity contribution in [1.29, 1.82) is 0 Å². The topological polar surface area (TPSA) is 20.3 Å². The first-order chi connectivity index (χ1) is 7.24. The van der Waals surface area contributed by atoms with Crippen LogP contribution in [-0.4, -0.2) is 24.4 Å². The number of carbonyl (C=O) groups is 1. The summed E-state index contributed by atoms with van der Waals surface area (Å²) in [5.74, 6) is 0.0634. The van der Waals surface area contributed by atoms with Crippen molar-refractivity contribution in [1.82, 2.24) is 4.90 Å². The van der Waals surface area contributed by atoms with Crippen LogP contribution in [0.5, 0.6) is 0 Å². The molecule has 15 heavy (non-hydrogen) atoms. The maximum Gasteiger partial charge on any atom is 0.245 e. The molecule has 0 heterocycles. The molecule has 0 aliphatic heterocycles. The molecule has 0 radical (unpaired) electrons. The highest BCUT2D eigenvalue weighted by atomic mass is 16.2. The Kier molecular flexibility index (Phi) is 4.61. The van der Waals surface area contributed by atoms with Crippen LogP contribution in [0, 0.1) is 0 Å². The third-order valence-corrected chi connectivity index (χ3v) is 2.26. The number of amides is 1. The first kappa shape index (κ1) is 11.5. The van der Waals surface area contributed by atoms with Gasteiger partial charge in [0.1, 0.15) is 0 Å². The number of nitrogens with zero attached hydrogens (tertiary/aromatic N) is 1. The minimum absolute atomic E-state index is 0.0634. The van der Waals surface area contributed by atoms with Crippen molar-refractivity contribution in [2.75, 3.05) is 13.6 Å². The van der Waals surface area contributed by atoms with Gasteiger partial charge in [0.25, 0.3) is 0 Å². The number of hydrogen-bond acceptors (Lipinski definition) is 1. The Morgan fingerprint density at radius 1 is 1.33 bits per heavy atom. The van der Waals surface area contributed by atoms with Crippen LogP contribution in [0.3, 0.4) is 0 Å². The molecule has 0 aromatic heterocycles. The number of hydrogen-bond donors (Lipinski definition) is 0. The largest absolute Gasteiger partial charge is 0.342 e. The summed E-state index contributed by atoms with van der Waals surface area (Å²) < 4.78 is 0. The number of carbonyl (C=O) groups excluding carboxylic acids is 1. The van der Waals surface area contributed by atoms with Crippen LogP contribution in [0.1, 0.15) is 12.5 Å². The van der Waals surface area contributed by atoms with E-state index in [0.29, 0.717) is 0 Å². The minimum Gasteiger partial charge on any atom is -0.342 e. The zero-order valence-electron chi connectivity index (χ0n) is 9.31. The molecule has 0 fully saturated rings. The van der Waals surface area contributed by atoms with Gasteiger partial charge in [0, 0.05) is 13.6 Å². The fraction of sp³-hybridized carbons (Fsp3) is 0.308. The first-order valence-electron chi connectivity index (χ1n) is 5.15. The SMILES string of the molecule is CC=CC(=O)N(C)CCc1ccccc1. The first-order valence-corrected chi connectivity index (χ1v) is 5.15. The fourth-order valence-electron chi connectivity index (χ4n) is 1.32. The van der Waals surface area contributed by atoms with Crippen molar-refractivity contribution in [2.24, 2.45) is 0 Å². The summed E-state index contributed by atoms with van der Waals surface area (Å²) in [5.41, 5.74) is 1.26. The van der Waals surface area contributed by atoms with Crippen molar-refractivity contribution in [2.45, 2.75) is 13.3 Å². The van der Waals surface area contributed by atoms with E-state index in [1.54, 1.807) is 17.1 Å². The van der Waals surface area contributed by atoms with Crippen molar-refractivity contribution >= 4 is 5.91 Å². The molecule has 80 valence electrons. The molecule has 1 aromatic rings. The smallest absolute Gasteiger partial charge is 0.245 e. The van der Waals surface area contributed by atoms with Gasteiger partial charge >= 0.3 is 0 Å². The summed E-state index contributed by atoms with van der Waals surface area (Å²) in [7, 11) is 1.82. The van der Waals surface area contributed by atoms with Gasteiger partial charge in [0.15, 0.2) is 0 Å². The molecule has 0 N–H and O–H groups in total. The molecule has 0 saturated heterocycles. The summed E-state index contributed by atoms with van der Waals surface area (Å²) in [4.78, 5) is 13.1. The maximum absolute atomic E-state index is 11.4. The lowest BCUT2D eigenvalue weighted by Crippen LogP contribution is -2.26. The van der Waals surface area contributed by atoms with Gasteiger partial charge in [-0.1, -0.05) is 36.4 Å². The predicted molar refractivity (Wildman–Crippen MR) is 62.6 cm³/mol. The second-order valence-corrected chi connectivity index (χ2v) is 3.50. The molecule has 1 rings (SSSR count). The number of likely N-dealkylation sites (N-methyl/N-ethyl adjacent to an activating group) is 1. The summed E-state index contributed by atoms with van der Waals surface area (Å²) >= 11 is 0. The van der Waals surface area contributed by atoms with Crippen LogP contribution in [0.2, 0.25) is 0 Å². The molecule has 0 aliphatic rings. The number of benzene rings is 1. The van der Waals surface area contributed by atoms with Crippen molar-refractivity contribution in [3.63, 3.8) is 0 Å². The number of rotatable bonds is 4. The van der Waals surface area contributed by atoms with E-state index in [4.69, 9.17) is 0 Å². The standard InChI is InChI=1S/C13H17NO/c1-3-7-13(15)14(2)11-10-12-8-5-4-6-9-12/h3-9H,10-11H2,1-2H3. The lowest BCUT2D eigenvalue weighted by atomic mass is 10.1. The Balaban J connectivity index is 2.41.